The number of rotatable bonds is 0. The highest BCUT2D eigenvalue weighted by Crippen LogP contribution is 2.55. The predicted molar refractivity (Wildman–Crippen MR) is 54.2 cm³/mol. The van der Waals surface area contributed by atoms with Gasteiger partial charge >= 0.3 is 0 Å². The van der Waals surface area contributed by atoms with Crippen LogP contribution < -0.4 is 5.73 Å². The lowest BCUT2D eigenvalue weighted by Gasteiger charge is -2.53. The Balaban J connectivity index is 1.97. The molecule has 2 N–H and O–H groups in total. The Kier molecular flexibility index (Phi) is 1.61. The smallest absolute Gasteiger partial charge is 0.00756 e. The van der Waals surface area contributed by atoms with Gasteiger partial charge in [0.15, 0.2) is 0 Å². The summed E-state index contributed by atoms with van der Waals surface area (Å²) in [5, 5.41) is 0. The third kappa shape index (κ3) is 1.03. The van der Waals surface area contributed by atoms with Crippen LogP contribution in [-0.2, 0) is 0 Å². The molecule has 1 spiro atoms. The van der Waals surface area contributed by atoms with Gasteiger partial charge in [0.1, 0.15) is 0 Å². The maximum absolute atomic E-state index is 6.24. The van der Waals surface area contributed by atoms with E-state index in [0.29, 0.717) is 11.5 Å². The molecule has 72 valence electrons. The van der Waals surface area contributed by atoms with Crippen LogP contribution >= 0.6 is 0 Å². The van der Waals surface area contributed by atoms with Crippen LogP contribution in [0.15, 0.2) is 12.2 Å². The van der Waals surface area contributed by atoms with E-state index in [1.54, 1.807) is 0 Å². The predicted octanol–water partition coefficient (Wildman–Crippen LogP) is 2.47. The molecule has 0 saturated heterocycles. The van der Waals surface area contributed by atoms with E-state index in [9.17, 15) is 0 Å². The first kappa shape index (κ1) is 8.05. The average molecular weight is 177 g/mol. The summed E-state index contributed by atoms with van der Waals surface area (Å²) >= 11 is 0. The SMILES string of the molecule is NC1CCCC23C=CC(CC2)CC13. The highest BCUT2D eigenvalue weighted by atomic mass is 14.7. The zero-order chi connectivity index (χ0) is 8.89. The molecule has 0 amide bonds. The molecule has 4 aliphatic rings. The van der Waals surface area contributed by atoms with Gasteiger partial charge in [-0.1, -0.05) is 18.6 Å². The van der Waals surface area contributed by atoms with Gasteiger partial charge in [0.05, 0.1) is 0 Å². The van der Waals surface area contributed by atoms with E-state index < -0.39 is 0 Å². The third-order valence-electron chi connectivity index (χ3n) is 4.67. The average Bonchev–Trinajstić information content (AvgIpc) is 2.19. The third-order valence-corrected chi connectivity index (χ3v) is 4.67. The van der Waals surface area contributed by atoms with Gasteiger partial charge in [-0.3, -0.25) is 0 Å². The Bertz CT molecular complexity index is 246. The molecule has 1 nitrogen and oxygen atoms in total. The normalized spacial score (nSPS) is 53.5. The molecule has 0 aromatic carbocycles. The van der Waals surface area contributed by atoms with Crippen molar-refractivity contribution in [3.05, 3.63) is 12.2 Å². The van der Waals surface area contributed by atoms with Gasteiger partial charge in [0.2, 0.25) is 0 Å². The molecule has 4 rings (SSSR count). The fourth-order valence-electron chi connectivity index (χ4n) is 3.89. The van der Waals surface area contributed by atoms with Crippen LogP contribution in [0.5, 0.6) is 0 Å². The zero-order valence-corrected chi connectivity index (χ0v) is 8.21. The molecule has 2 fully saturated rings. The molecule has 0 aromatic heterocycles. The lowest BCUT2D eigenvalue weighted by molar-refractivity contribution is 0.0438. The molecule has 0 heterocycles. The summed E-state index contributed by atoms with van der Waals surface area (Å²) in [7, 11) is 0. The number of hydrogen-bond acceptors (Lipinski definition) is 1. The molecule has 13 heavy (non-hydrogen) atoms. The molecule has 4 unspecified atom stereocenters. The second-order valence-electron chi connectivity index (χ2n) is 5.29. The fraction of sp³-hybridized carbons (Fsp3) is 0.833. The Morgan fingerprint density at radius 1 is 1.23 bits per heavy atom. The van der Waals surface area contributed by atoms with Gasteiger partial charge in [0, 0.05) is 6.04 Å². The van der Waals surface area contributed by atoms with Crippen LogP contribution in [0.3, 0.4) is 0 Å². The summed E-state index contributed by atoms with van der Waals surface area (Å²) in [6.45, 7) is 0. The van der Waals surface area contributed by atoms with Crippen LogP contribution in [0.25, 0.3) is 0 Å². The molecule has 0 aromatic rings. The highest BCUT2D eigenvalue weighted by molar-refractivity contribution is 5.17. The number of hydrogen-bond donors (Lipinski definition) is 1. The first-order valence-corrected chi connectivity index (χ1v) is 5.75. The summed E-state index contributed by atoms with van der Waals surface area (Å²) in [4.78, 5) is 0. The highest BCUT2D eigenvalue weighted by Gasteiger charge is 2.48. The van der Waals surface area contributed by atoms with E-state index in [2.05, 4.69) is 12.2 Å². The minimum atomic E-state index is 0.501. The van der Waals surface area contributed by atoms with Gasteiger partial charge in [-0.2, -0.15) is 0 Å². The van der Waals surface area contributed by atoms with Gasteiger partial charge < -0.3 is 5.73 Å². The molecular weight excluding hydrogens is 158 g/mol. The number of fused-ring (bicyclic) bond motifs is 1. The van der Waals surface area contributed by atoms with Crippen LogP contribution in [-0.4, -0.2) is 6.04 Å². The monoisotopic (exact) mass is 177 g/mol. The number of allylic oxidation sites excluding steroid dienone is 2. The first-order chi connectivity index (χ1) is 6.30. The van der Waals surface area contributed by atoms with Crippen molar-refractivity contribution in [2.45, 2.75) is 44.6 Å². The Labute approximate surface area is 80.4 Å². The van der Waals surface area contributed by atoms with Gasteiger partial charge in [-0.15, -0.1) is 0 Å². The molecule has 0 radical (unpaired) electrons. The molecular formula is C12H19N. The van der Waals surface area contributed by atoms with E-state index in [0.717, 1.165) is 11.8 Å². The molecule has 4 atom stereocenters. The maximum atomic E-state index is 6.24. The van der Waals surface area contributed by atoms with Gasteiger partial charge in [-0.05, 0) is 49.4 Å². The van der Waals surface area contributed by atoms with E-state index >= 15 is 0 Å². The van der Waals surface area contributed by atoms with Crippen LogP contribution in [0.4, 0.5) is 0 Å². The summed E-state index contributed by atoms with van der Waals surface area (Å²) in [5.41, 5.74) is 6.78. The summed E-state index contributed by atoms with van der Waals surface area (Å²) in [5.74, 6) is 1.70. The molecule has 4 aliphatic carbocycles. The molecule has 1 heteroatoms. The van der Waals surface area contributed by atoms with Crippen molar-refractivity contribution in [1.82, 2.24) is 0 Å². The molecule has 2 saturated carbocycles. The second-order valence-corrected chi connectivity index (χ2v) is 5.29. The summed E-state index contributed by atoms with van der Waals surface area (Å²) in [6, 6.07) is 0.501. The molecule has 0 aliphatic heterocycles. The second kappa shape index (κ2) is 2.60. The van der Waals surface area contributed by atoms with E-state index in [1.165, 1.54) is 38.5 Å². The lowest BCUT2D eigenvalue weighted by Crippen LogP contribution is -2.50. The van der Waals surface area contributed by atoms with Crippen molar-refractivity contribution in [3.8, 4) is 0 Å². The van der Waals surface area contributed by atoms with Crippen LogP contribution in [0.1, 0.15) is 38.5 Å². The van der Waals surface area contributed by atoms with Crippen molar-refractivity contribution in [3.63, 3.8) is 0 Å². The standard InChI is InChI=1S/C12H19N/c13-11-2-1-5-12-6-3-9(4-7-12)8-10(11)12/h3,6,9-11H,1-2,4-5,7-8,13H2. The van der Waals surface area contributed by atoms with Crippen molar-refractivity contribution in [1.29, 1.82) is 0 Å². The minimum Gasteiger partial charge on any atom is -0.327 e. The number of nitrogens with two attached hydrogens (primary N) is 1. The van der Waals surface area contributed by atoms with Gasteiger partial charge in [0.25, 0.3) is 0 Å². The Hall–Kier alpha value is -0.300. The lowest BCUT2D eigenvalue weighted by atomic mass is 9.53. The van der Waals surface area contributed by atoms with Crippen molar-refractivity contribution in [2.75, 3.05) is 0 Å². The van der Waals surface area contributed by atoms with Crippen LogP contribution in [0.2, 0.25) is 0 Å². The minimum absolute atomic E-state index is 0.501. The molecule has 2 bridgehead atoms. The van der Waals surface area contributed by atoms with E-state index in [4.69, 9.17) is 5.73 Å². The largest absolute Gasteiger partial charge is 0.327 e. The van der Waals surface area contributed by atoms with E-state index in [1.807, 2.05) is 0 Å². The van der Waals surface area contributed by atoms with Crippen molar-refractivity contribution in [2.24, 2.45) is 23.0 Å². The zero-order valence-electron chi connectivity index (χ0n) is 8.21. The summed E-state index contributed by atoms with van der Waals surface area (Å²) in [6.07, 6.45) is 13.3. The van der Waals surface area contributed by atoms with Crippen molar-refractivity contribution < 1.29 is 0 Å². The quantitative estimate of drug-likeness (QED) is 0.565. The first-order valence-electron chi connectivity index (χ1n) is 5.75. The van der Waals surface area contributed by atoms with E-state index in [-0.39, 0.29) is 0 Å². The van der Waals surface area contributed by atoms with Crippen molar-refractivity contribution >= 4 is 0 Å². The Morgan fingerprint density at radius 3 is 2.85 bits per heavy atom. The van der Waals surface area contributed by atoms with Crippen LogP contribution in [0, 0.1) is 17.3 Å². The Morgan fingerprint density at radius 2 is 2.15 bits per heavy atom. The van der Waals surface area contributed by atoms with Gasteiger partial charge in [-0.25, -0.2) is 0 Å². The fourth-order valence-corrected chi connectivity index (χ4v) is 3.89. The topological polar surface area (TPSA) is 26.0 Å². The maximum Gasteiger partial charge on any atom is 0.00756 e. The summed E-state index contributed by atoms with van der Waals surface area (Å²) < 4.78 is 0.